The van der Waals surface area contributed by atoms with Crippen LogP contribution < -0.4 is 16.5 Å². The maximum Gasteiger partial charge on any atom is 0.180 e. The average Bonchev–Trinajstić information content (AvgIpc) is 3.08. The second kappa shape index (κ2) is 11.9. The van der Waals surface area contributed by atoms with E-state index in [1.165, 1.54) is 10.9 Å². The summed E-state index contributed by atoms with van der Waals surface area (Å²) in [4.78, 5) is 14.4. The van der Waals surface area contributed by atoms with Crippen molar-refractivity contribution in [3.05, 3.63) is 40.6 Å². The van der Waals surface area contributed by atoms with Crippen molar-refractivity contribution in [2.45, 2.75) is 20.4 Å². The Labute approximate surface area is 204 Å². The van der Waals surface area contributed by atoms with Crippen molar-refractivity contribution in [2.24, 2.45) is 5.73 Å². The number of hydrogen-bond donors (Lipinski definition) is 3. The first-order valence-electron chi connectivity index (χ1n) is 9.90. The lowest BCUT2D eigenvalue weighted by atomic mass is 10.1. The Morgan fingerprint density at radius 2 is 1.87 bits per heavy atom. The SMILES string of the molecule is CCN(CC)CCn1[nH]c2c3ccc(=O)cc3sc3c(NCCN)ccc1c32.Cl.Cl.Cl. The van der Waals surface area contributed by atoms with Crippen molar-refractivity contribution in [1.29, 1.82) is 0 Å². The van der Waals surface area contributed by atoms with Crippen LogP contribution in [0.4, 0.5) is 5.69 Å². The van der Waals surface area contributed by atoms with Gasteiger partial charge in [0.1, 0.15) is 0 Å². The molecule has 2 aromatic carbocycles. The molecule has 31 heavy (non-hydrogen) atoms. The molecule has 0 fully saturated rings. The van der Waals surface area contributed by atoms with Crippen molar-refractivity contribution >= 4 is 85.5 Å². The smallest absolute Gasteiger partial charge is 0.180 e. The summed E-state index contributed by atoms with van der Waals surface area (Å²) < 4.78 is 4.40. The Morgan fingerprint density at radius 1 is 1.13 bits per heavy atom. The summed E-state index contributed by atoms with van der Waals surface area (Å²) in [5.74, 6) is 0. The summed E-state index contributed by atoms with van der Waals surface area (Å²) in [6.45, 7) is 9.67. The zero-order valence-electron chi connectivity index (χ0n) is 17.6. The lowest BCUT2D eigenvalue weighted by Crippen LogP contribution is -2.27. The van der Waals surface area contributed by atoms with Crippen LogP contribution >= 0.6 is 48.6 Å². The normalized spacial score (nSPS) is 10.8. The van der Waals surface area contributed by atoms with Gasteiger partial charge < -0.3 is 16.0 Å². The van der Waals surface area contributed by atoms with Crippen molar-refractivity contribution in [3.8, 4) is 0 Å². The number of aromatic nitrogens is 2. The number of nitrogens with two attached hydrogens (primary N) is 1. The summed E-state index contributed by atoms with van der Waals surface area (Å²) in [7, 11) is 0. The van der Waals surface area contributed by atoms with Gasteiger partial charge in [0.15, 0.2) is 5.43 Å². The largest absolute Gasteiger partial charge is 0.383 e. The molecule has 0 amide bonds. The van der Waals surface area contributed by atoms with E-state index in [1.54, 1.807) is 23.5 Å². The predicted molar refractivity (Wildman–Crippen MR) is 143 cm³/mol. The number of nitrogens with one attached hydrogen (secondary N) is 2. The first-order chi connectivity index (χ1) is 13.7. The van der Waals surface area contributed by atoms with Gasteiger partial charge in [-0.05, 0) is 37.4 Å². The molecule has 0 bridgehead atoms. The third-order valence-corrected chi connectivity index (χ3v) is 6.54. The fourth-order valence-corrected chi connectivity index (χ4v) is 5.03. The second-order valence-electron chi connectivity index (χ2n) is 6.98. The van der Waals surface area contributed by atoms with Crippen molar-refractivity contribution in [2.75, 3.05) is 38.0 Å². The molecule has 0 radical (unpaired) electrons. The molecule has 0 aliphatic carbocycles. The first-order valence-corrected chi connectivity index (χ1v) is 10.7. The molecule has 172 valence electrons. The monoisotopic (exact) mass is 505 g/mol. The number of halogens is 3. The maximum absolute atomic E-state index is 11.9. The Morgan fingerprint density at radius 3 is 2.55 bits per heavy atom. The molecule has 2 heterocycles. The van der Waals surface area contributed by atoms with E-state index in [0.717, 1.165) is 58.7 Å². The van der Waals surface area contributed by atoms with Gasteiger partial charge in [-0.15, -0.1) is 48.6 Å². The summed E-state index contributed by atoms with van der Waals surface area (Å²) in [6, 6.07) is 9.61. The van der Waals surface area contributed by atoms with Crippen LogP contribution in [0, 0.1) is 0 Å². The third kappa shape index (κ3) is 5.30. The molecule has 4 N–H and O–H groups in total. The molecule has 0 aliphatic rings. The van der Waals surface area contributed by atoms with E-state index in [9.17, 15) is 4.79 Å². The van der Waals surface area contributed by atoms with Gasteiger partial charge in [0.25, 0.3) is 0 Å². The number of rotatable bonds is 8. The number of likely N-dealkylation sites (N-methyl/N-ethyl adjacent to an activating group) is 1. The molecule has 10 heteroatoms. The fourth-order valence-electron chi connectivity index (χ4n) is 3.80. The highest BCUT2D eigenvalue weighted by atomic mass is 35.5. The van der Waals surface area contributed by atoms with Crippen LogP contribution in [-0.2, 0) is 6.54 Å². The minimum absolute atomic E-state index is 0. The van der Waals surface area contributed by atoms with E-state index in [-0.39, 0.29) is 42.6 Å². The van der Waals surface area contributed by atoms with Gasteiger partial charge >= 0.3 is 0 Å². The van der Waals surface area contributed by atoms with E-state index >= 15 is 0 Å². The minimum atomic E-state index is 0. The molecule has 0 unspecified atom stereocenters. The van der Waals surface area contributed by atoms with E-state index in [4.69, 9.17) is 5.73 Å². The quantitative estimate of drug-likeness (QED) is 0.303. The molecular weight excluding hydrogens is 477 g/mol. The van der Waals surface area contributed by atoms with Crippen molar-refractivity contribution in [1.82, 2.24) is 14.7 Å². The molecule has 0 saturated heterocycles. The zero-order chi connectivity index (χ0) is 19.7. The predicted octanol–water partition coefficient (Wildman–Crippen LogP) is 4.68. The lowest BCUT2D eigenvalue weighted by Gasteiger charge is -2.18. The Bertz CT molecular complexity index is 1180. The summed E-state index contributed by atoms with van der Waals surface area (Å²) in [6.07, 6.45) is 0. The van der Waals surface area contributed by atoms with Crippen LogP contribution in [0.1, 0.15) is 13.8 Å². The van der Waals surface area contributed by atoms with Gasteiger partial charge in [-0.2, -0.15) is 0 Å². The number of anilines is 1. The second-order valence-corrected chi connectivity index (χ2v) is 8.03. The summed E-state index contributed by atoms with van der Waals surface area (Å²) >= 11 is 1.67. The van der Waals surface area contributed by atoms with E-state index in [0.29, 0.717) is 6.54 Å². The average molecular weight is 507 g/mol. The number of fused-ring (bicyclic) bond motifs is 2. The Hall–Kier alpha value is -1.48. The van der Waals surface area contributed by atoms with Crippen LogP contribution in [0.15, 0.2) is 35.1 Å². The Kier molecular flexibility index (Phi) is 10.6. The fraction of sp³-hybridized carbons (Fsp3) is 0.381. The number of benzene rings is 2. The standard InChI is InChI=1S/C21H27N5OS.3ClH/c1-3-25(4-2)11-12-26-17-8-7-16(23-10-9-22)21-19(17)20(24-26)15-6-5-14(27)13-18(15)28-21;;;/h5-8,13,23-24H,3-4,9-12,22H2,1-2H3;3*1H. The van der Waals surface area contributed by atoms with Gasteiger partial charge in [0.2, 0.25) is 0 Å². The van der Waals surface area contributed by atoms with Gasteiger partial charge in [0.05, 0.1) is 28.0 Å². The first kappa shape index (κ1) is 27.6. The van der Waals surface area contributed by atoms with Crippen molar-refractivity contribution in [3.63, 3.8) is 0 Å². The third-order valence-electron chi connectivity index (χ3n) is 5.35. The van der Waals surface area contributed by atoms with Gasteiger partial charge in [-0.3, -0.25) is 14.6 Å². The molecule has 4 rings (SSSR count). The van der Waals surface area contributed by atoms with Crippen LogP contribution in [-0.4, -0.2) is 47.4 Å². The van der Waals surface area contributed by atoms with Crippen LogP contribution in [0.3, 0.4) is 0 Å². The number of H-pyrrole nitrogens is 1. The van der Waals surface area contributed by atoms with Crippen LogP contribution in [0.2, 0.25) is 0 Å². The maximum atomic E-state index is 11.9. The van der Waals surface area contributed by atoms with Gasteiger partial charge in [-0.1, -0.05) is 13.8 Å². The molecule has 0 spiro atoms. The number of hydrogen-bond acceptors (Lipinski definition) is 5. The zero-order valence-corrected chi connectivity index (χ0v) is 20.9. The van der Waals surface area contributed by atoms with Gasteiger partial charge in [0, 0.05) is 41.2 Å². The highest BCUT2D eigenvalue weighted by Gasteiger charge is 2.16. The molecule has 0 aliphatic heterocycles. The van der Waals surface area contributed by atoms with Crippen LogP contribution in [0.25, 0.3) is 31.2 Å². The van der Waals surface area contributed by atoms with Crippen molar-refractivity contribution < 1.29 is 0 Å². The topological polar surface area (TPSA) is 79.1 Å². The molecule has 2 aromatic heterocycles. The highest BCUT2D eigenvalue weighted by molar-refractivity contribution is 7.25. The number of aromatic amines is 1. The number of nitrogens with zero attached hydrogens (tertiary/aromatic N) is 2. The minimum Gasteiger partial charge on any atom is -0.383 e. The Balaban J connectivity index is 0.00000160. The molecular formula is C21H30Cl3N5OS. The molecule has 0 atom stereocenters. The van der Waals surface area contributed by atoms with E-state index in [2.05, 4.69) is 46.0 Å². The molecule has 0 saturated carbocycles. The lowest BCUT2D eigenvalue weighted by molar-refractivity contribution is 0.287. The van der Waals surface area contributed by atoms with Crippen LogP contribution in [0.5, 0.6) is 0 Å². The van der Waals surface area contributed by atoms with E-state index in [1.807, 2.05) is 6.07 Å². The highest BCUT2D eigenvalue weighted by Crippen LogP contribution is 2.40. The summed E-state index contributed by atoms with van der Waals surface area (Å²) in [5.41, 5.74) is 9.09. The van der Waals surface area contributed by atoms with E-state index < -0.39 is 0 Å². The molecule has 6 nitrogen and oxygen atoms in total. The van der Waals surface area contributed by atoms with Gasteiger partial charge in [-0.25, -0.2) is 0 Å². The summed E-state index contributed by atoms with van der Waals surface area (Å²) in [5, 5.41) is 9.37. The molecule has 4 aromatic rings.